The Labute approximate surface area is 160 Å². The zero-order valence-electron chi connectivity index (χ0n) is 16.2. The third-order valence-electron chi connectivity index (χ3n) is 4.17. The number of sulfonamides is 1. The first kappa shape index (κ1) is 21.3. The van der Waals surface area contributed by atoms with Crippen molar-refractivity contribution >= 4 is 21.9 Å². The summed E-state index contributed by atoms with van der Waals surface area (Å²) in [5.74, 6) is -1.11. The van der Waals surface area contributed by atoms with E-state index >= 15 is 0 Å². The van der Waals surface area contributed by atoms with Gasteiger partial charge in [0, 0.05) is 27.2 Å². The second-order valence-corrected chi connectivity index (χ2v) is 8.83. The fourth-order valence-electron chi connectivity index (χ4n) is 2.90. The molecule has 27 heavy (non-hydrogen) atoms. The molecule has 0 unspecified atom stereocenters. The maximum Gasteiger partial charge on any atom is 0.338 e. The van der Waals surface area contributed by atoms with Gasteiger partial charge in [0.05, 0.1) is 22.7 Å². The van der Waals surface area contributed by atoms with Crippen molar-refractivity contribution in [3.05, 3.63) is 29.8 Å². The number of rotatable bonds is 5. The Balaban J connectivity index is 2.21. The van der Waals surface area contributed by atoms with E-state index in [2.05, 4.69) is 0 Å². The highest BCUT2D eigenvalue weighted by atomic mass is 32.2. The molecule has 0 saturated carbocycles. The Morgan fingerprint density at radius 3 is 2.37 bits per heavy atom. The number of ether oxygens (including phenoxy) is 2. The minimum absolute atomic E-state index is 0.00448. The fourth-order valence-corrected chi connectivity index (χ4v) is 4.54. The number of hydrogen-bond donors (Lipinski definition) is 0. The Bertz CT molecular complexity index is 798. The predicted octanol–water partition coefficient (Wildman–Crippen LogP) is 1.12. The standard InChI is InChI=1S/C18H26N2O6S/c1-12-10-20(11-13(2)25-12)27(23,24)16-8-6-7-15(9-16)18(22)26-14(3)17(21)19(4)5/h6-9,12-14H,10-11H2,1-5H3/t12-,13-,14+/m1/s1. The summed E-state index contributed by atoms with van der Waals surface area (Å²) >= 11 is 0. The van der Waals surface area contributed by atoms with Crippen molar-refractivity contribution in [2.45, 2.75) is 44.0 Å². The van der Waals surface area contributed by atoms with Crippen LogP contribution in [0, 0.1) is 0 Å². The van der Waals surface area contributed by atoms with Crippen LogP contribution in [0.1, 0.15) is 31.1 Å². The van der Waals surface area contributed by atoms with Crippen LogP contribution in [0.3, 0.4) is 0 Å². The van der Waals surface area contributed by atoms with E-state index < -0.39 is 22.1 Å². The van der Waals surface area contributed by atoms with Crippen molar-refractivity contribution < 1.29 is 27.5 Å². The number of nitrogens with zero attached hydrogens (tertiary/aromatic N) is 2. The van der Waals surface area contributed by atoms with Crippen LogP contribution in [0.4, 0.5) is 0 Å². The van der Waals surface area contributed by atoms with Crippen LogP contribution in [0.25, 0.3) is 0 Å². The summed E-state index contributed by atoms with van der Waals surface area (Å²) in [6.07, 6.45) is -1.39. The molecule has 1 aromatic rings. The van der Waals surface area contributed by atoms with Gasteiger partial charge in [-0.1, -0.05) is 6.07 Å². The smallest absolute Gasteiger partial charge is 0.338 e. The van der Waals surface area contributed by atoms with Gasteiger partial charge in [0.1, 0.15) is 0 Å². The van der Waals surface area contributed by atoms with Crippen molar-refractivity contribution in [2.75, 3.05) is 27.2 Å². The maximum absolute atomic E-state index is 12.9. The summed E-state index contributed by atoms with van der Waals surface area (Å²) < 4.78 is 37.9. The van der Waals surface area contributed by atoms with Crippen molar-refractivity contribution in [1.82, 2.24) is 9.21 Å². The van der Waals surface area contributed by atoms with Gasteiger partial charge in [0.2, 0.25) is 10.0 Å². The highest BCUT2D eigenvalue weighted by Crippen LogP contribution is 2.22. The molecule has 0 aliphatic carbocycles. The predicted molar refractivity (Wildman–Crippen MR) is 98.8 cm³/mol. The molecule has 150 valence electrons. The zero-order valence-corrected chi connectivity index (χ0v) is 17.0. The van der Waals surface area contributed by atoms with Crippen LogP contribution in [-0.4, -0.2) is 75.0 Å². The van der Waals surface area contributed by atoms with Gasteiger partial charge in [-0.15, -0.1) is 0 Å². The molecule has 1 fully saturated rings. The highest BCUT2D eigenvalue weighted by Gasteiger charge is 2.32. The van der Waals surface area contributed by atoms with E-state index in [9.17, 15) is 18.0 Å². The average Bonchev–Trinajstić information content (AvgIpc) is 2.60. The number of esters is 1. The van der Waals surface area contributed by atoms with Crippen LogP contribution >= 0.6 is 0 Å². The Hall–Kier alpha value is -1.97. The molecular weight excluding hydrogens is 372 g/mol. The summed E-state index contributed by atoms with van der Waals surface area (Å²) in [4.78, 5) is 25.5. The van der Waals surface area contributed by atoms with Crippen LogP contribution in [-0.2, 0) is 24.3 Å². The molecule has 2 rings (SSSR count). The molecule has 0 aromatic heterocycles. The maximum atomic E-state index is 12.9. The van der Waals surface area contributed by atoms with Gasteiger partial charge in [-0.2, -0.15) is 4.31 Å². The van der Waals surface area contributed by atoms with E-state index in [0.29, 0.717) is 0 Å². The van der Waals surface area contributed by atoms with E-state index in [1.807, 2.05) is 13.8 Å². The van der Waals surface area contributed by atoms with Crippen LogP contribution in [0.2, 0.25) is 0 Å². The lowest BCUT2D eigenvalue weighted by molar-refractivity contribution is -0.137. The Morgan fingerprint density at radius 1 is 1.22 bits per heavy atom. The lowest BCUT2D eigenvalue weighted by atomic mass is 10.2. The van der Waals surface area contributed by atoms with Crippen LogP contribution in [0.5, 0.6) is 0 Å². The first-order valence-electron chi connectivity index (χ1n) is 8.70. The number of hydrogen-bond acceptors (Lipinski definition) is 6. The Kier molecular flexibility index (Phi) is 6.61. The van der Waals surface area contributed by atoms with Gasteiger partial charge in [0.15, 0.2) is 6.10 Å². The first-order chi connectivity index (χ1) is 12.5. The lowest BCUT2D eigenvalue weighted by Crippen LogP contribution is -2.48. The van der Waals surface area contributed by atoms with Gasteiger partial charge < -0.3 is 14.4 Å². The van der Waals surface area contributed by atoms with Crippen LogP contribution in [0.15, 0.2) is 29.2 Å². The first-order valence-corrected chi connectivity index (χ1v) is 10.1. The second kappa shape index (κ2) is 8.37. The summed E-state index contributed by atoms with van der Waals surface area (Å²) in [5, 5.41) is 0. The molecule has 1 aliphatic heterocycles. The molecule has 3 atom stereocenters. The van der Waals surface area contributed by atoms with Crippen LogP contribution < -0.4 is 0 Å². The van der Waals surface area contributed by atoms with Gasteiger partial charge in [-0.05, 0) is 39.0 Å². The van der Waals surface area contributed by atoms with Crippen molar-refractivity contribution in [3.8, 4) is 0 Å². The van der Waals surface area contributed by atoms with E-state index in [1.165, 1.54) is 40.4 Å². The Morgan fingerprint density at radius 2 is 1.81 bits per heavy atom. The molecule has 1 heterocycles. The molecular formula is C18H26N2O6S. The zero-order chi connectivity index (χ0) is 20.4. The van der Waals surface area contributed by atoms with E-state index in [-0.39, 0.29) is 41.7 Å². The minimum atomic E-state index is -3.77. The molecule has 1 aliphatic rings. The summed E-state index contributed by atoms with van der Waals surface area (Å²) in [6.45, 7) is 5.59. The number of carbonyl (C=O) groups excluding carboxylic acids is 2. The normalized spacial score (nSPS) is 22.1. The summed E-state index contributed by atoms with van der Waals surface area (Å²) in [6, 6.07) is 5.65. The molecule has 1 amide bonds. The molecule has 0 bridgehead atoms. The van der Waals surface area contributed by atoms with Gasteiger partial charge in [-0.25, -0.2) is 13.2 Å². The summed E-state index contributed by atoms with van der Waals surface area (Å²) in [7, 11) is -0.652. The number of likely N-dealkylation sites (N-methyl/N-ethyl adjacent to an activating group) is 1. The number of morpholine rings is 1. The monoisotopic (exact) mass is 398 g/mol. The van der Waals surface area contributed by atoms with Gasteiger partial charge >= 0.3 is 5.97 Å². The topological polar surface area (TPSA) is 93.2 Å². The average molecular weight is 398 g/mol. The minimum Gasteiger partial charge on any atom is -0.449 e. The third-order valence-corrected chi connectivity index (χ3v) is 5.99. The largest absolute Gasteiger partial charge is 0.449 e. The van der Waals surface area contributed by atoms with Crippen molar-refractivity contribution in [2.24, 2.45) is 0 Å². The second-order valence-electron chi connectivity index (χ2n) is 6.89. The van der Waals surface area contributed by atoms with Gasteiger partial charge in [-0.3, -0.25) is 4.79 Å². The fraction of sp³-hybridized carbons (Fsp3) is 0.556. The molecule has 0 spiro atoms. The number of amides is 1. The molecule has 9 heteroatoms. The molecule has 0 radical (unpaired) electrons. The quantitative estimate of drug-likeness (QED) is 0.690. The van der Waals surface area contributed by atoms with Crippen molar-refractivity contribution in [3.63, 3.8) is 0 Å². The SMILES string of the molecule is C[C@@H]1CN(S(=O)(=O)c2cccc(C(=O)O[C@@H](C)C(=O)N(C)C)c2)C[C@@H](C)O1. The van der Waals surface area contributed by atoms with E-state index in [4.69, 9.17) is 9.47 Å². The van der Waals surface area contributed by atoms with Gasteiger partial charge in [0.25, 0.3) is 5.91 Å². The number of carbonyl (C=O) groups is 2. The van der Waals surface area contributed by atoms with E-state index in [0.717, 1.165) is 0 Å². The molecule has 1 aromatic carbocycles. The van der Waals surface area contributed by atoms with Crippen molar-refractivity contribution in [1.29, 1.82) is 0 Å². The third kappa shape index (κ3) is 5.06. The van der Waals surface area contributed by atoms with E-state index in [1.54, 1.807) is 14.1 Å². The summed E-state index contributed by atoms with van der Waals surface area (Å²) in [5.41, 5.74) is 0.0730. The molecule has 0 N–H and O–H groups in total. The number of benzene rings is 1. The highest BCUT2D eigenvalue weighted by molar-refractivity contribution is 7.89. The lowest BCUT2D eigenvalue weighted by Gasteiger charge is -2.34. The molecule has 8 nitrogen and oxygen atoms in total. The molecule has 1 saturated heterocycles.